The maximum atomic E-state index is 12.5. The molecule has 0 amide bonds. The predicted molar refractivity (Wildman–Crippen MR) is 96.8 cm³/mol. The van der Waals surface area contributed by atoms with Gasteiger partial charge in [0.2, 0.25) is 0 Å². The molecule has 1 heterocycles. The molecule has 0 unspecified atom stereocenters. The number of aliphatic hydroxyl groups is 1. The van der Waals surface area contributed by atoms with Gasteiger partial charge in [-0.05, 0) is 36.8 Å². The van der Waals surface area contributed by atoms with Crippen LogP contribution in [0.1, 0.15) is 24.9 Å². The minimum absolute atomic E-state index is 0.0724. The Balaban J connectivity index is 2.02. The fraction of sp³-hybridized carbons (Fsp3) is 0.316. The average Bonchev–Trinajstić information content (AvgIpc) is 2.94. The molecule has 1 aliphatic rings. The van der Waals surface area contributed by atoms with Gasteiger partial charge in [0.15, 0.2) is 6.04 Å². The van der Waals surface area contributed by atoms with Gasteiger partial charge in [-0.2, -0.15) is 0 Å². The molecule has 24 heavy (non-hydrogen) atoms. The maximum absolute atomic E-state index is 12.5. The Morgan fingerprint density at radius 3 is 2.50 bits per heavy atom. The van der Waals surface area contributed by atoms with Crippen molar-refractivity contribution in [3.8, 4) is 0 Å². The number of hydrogen-bond acceptors (Lipinski definition) is 4. The topological polar surface area (TPSA) is 49.8 Å². The molecule has 2 aromatic carbocycles. The zero-order valence-electron chi connectivity index (χ0n) is 13.4. The Bertz CT molecular complexity index is 690. The highest BCUT2D eigenvalue weighted by atomic mass is 79.9. The lowest BCUT2D eigenvalue weighted by Gasteiger charge is -2.31. The molecule has 1 fully saturated rings. The molecule has 4 nitrogen and oxygen atoms in total. The van der Waals surface area contributed by atoms with Crippen molar-refractivity contribution >= 4 is 27.6 Å². The third-order valence-electron chi connectivity index (χ3n) is 4.30. The second-order valence-electron chi connectivity index (χ2n) is 5.81. The molecule has 0 radical (unpaired) electrons. The zero-order valence-corrected chi connectivity index (χ0v) is 15.0. The summed E-state index contributed by atoms with van der Waals surface area (Å²) in [7, 11) is 0. The SMILES string of the molecule is CCOC(=O)[C@@H]1[C@H](O)C[C@H](c2ccccc2)N1c1ccc(Br)cc1. The lowest BCUT2D eigenvalue weighted by Crippen LogP contribution is -2.43. The molecule has 2 aromatic rings. The number of ether oxygens (including phenoxy) is 1. The van der Waals surface area contributed by atoms with Crippen LogP contribution in [-0.2, 0) is 9.53 Å². The van der Waals surface area contributed by atoms with Crippen molar-refractivity contribution in [2.75, 3.05) is 11.5 Å². The zero-order chi connectivity index (χ0) is 17.1. The van der Waals surface area contributed by atoms with Crippen molar-refractivity contribution in [3.63, 3.8) is 0 Å². The van der Waals surface area contributed by atoms with E-state index in [2.05, 4.69) is 15.9 Å². The van der Waals surface area contributed by atoms with E-state index in [4.69, 9.17) is 4.74 Å². The number of aliphatic hydroxyl groups excluding tert-OH is 1. The summed E-state index contributed by atoms with van der Waals surface area (Å²) in [5.41, 5.74) is 1.97. The molecule has 5 heteroatoms. The van der Waals surface area contributed by atoms with Crippen molar-refractivity contribution < 1.29 is 14.6 Å². The Morgan fingerprint density at radius 2 is 1.88 bits per heavy atom. The molecule has 0 saturated carbocycles. The van der Waals surface area contributed by atoms with Crippen LogP contribution in [0.3, 0.4) is 0 Å². The van der Waals surface area contributed by atoms with E-state index in [0.717, 1.165) is 15.7 Å². The third kappa shape index (κ3) is 3.32. The predicted octanol–water partition coefficient (Wildman–Crippen LogP) is 3.69. The van der Waals surface area contributed by atoms with Crippen LogP contribution in [0.25, 0.3) is 0 Å². The number of anilines is 1. The Hall–Kier alpha value is -1.85. The third-order valence-corrected chi connectivity index (χ3v) is 4.83. The van der Waals surface area contributed by atoms with Gasteiger partial charge in [-0.25, -0.2) is 4.79 Å². The van der Waals surface area contributed by atoms with Crippen molar-refractivity contribution in [3.05, 3.63) is 64.6 Å². The first-order chi connectivity index (χ1) is 11.6. The number of carbonyl (C=O) groups excluding carboxylic acids is 1. The highest BCUT2D eigenvalue weighted by Gasteiger charge is 2.46. The summed E-state index contributed by atoms with van der Waals surface area (Å²) in [6.07, 6.45) is -0.276. The van der Waals surface area contributed by atoms with Gasteiger partial charge in [-0.3, -0.25) is 0 Å². The minimum atomic E-state index is -0.766. The number of esters is 1. The number of benzene rings is 2. The van der Waals surface area contributed by atoms with E-state index < -0.39 is 12.1 Å². The molecular formula is C19H20BrNO3. The van der Waals surface area contributed by atoms with Gasteiger partial charge in [0.1, 0.15) is 0 Å². The lowest BCUT2D eigenvalue weighted by molar-refractivity contribution is -0.146. The summed E-state index contributed by atoms with van der Waals surface area (Å²) >= 11 is 3.44. The molecule has 0 spiro atoms. The van der Waals surface area contributed by atoms with E-state index in [-0.39, 0.29) is 12.0 Å². The van der Waals surface area contributed by atoms with Crippen molar-refractivity contribution in [1.29, 1.82) is 0 Å². The van der Waals surface area contributed by atoms with Crippen molar-refractivity contribution in [1.82, 2.24) is 0 Å². The van der Waals surface area contributed by atoms with Gasteiger partial charge in [0, 0.05) is 16.6 Å². The molecule has 0 aromatic heterocycles. The standard InChI is InChI=1S/C19H20BrNO3/c1-2-24-19(23)18-17(22)12-16(13-6-4-3-5-7-13)21(18)15-10-8-14(20)9-11-15/h3-11,16-18,22H,2,12H2,1H3/t16-,17-,18+/m1/s1. The number of carbonyl (C=O) groups is 1. The summed E-state index contributed by atoms with van der Waals surface area (Å²) in [6.45, 7) is 2.07. The quantitative estimate of drug-likeness (QED) is 0.810. The fourth-order valence-corrected chi connectivity index (χ4v) is 3.54. The number of nitrogens with zero attached hydrogens (tertiary/aromatic N) is 1. The largest absolute Gasteiger partial charge is 0.464 e. The van der Waals surface area contributed by atoms with Crippen molar-refractivity contribution in [2.45, 2.75) is 31.5 Å². The molecule has 1 aliphatic heterocycles. The van der Waals surface area contributed by atoms with Crippen molar-refractivity contribution in [2.24, 2.45) is 0 Å². The molecular weight excluding hydrogens is 370 g/mol. The number of rotatable bonds is 4. The van der Waals surface area contributed by atoms with E-state index in [9.17, 15) is 9.90 Å². The highest BCUT2D eigenvalue weighted by Crippen LogP contribution is 2.40. The molecule has 1 saturated heterocycles. The summed E-state index contributed by atoms with van der Waals surface area (Å²) in [5, 5.41) is 10.6. The summed E-state index contributed by atoms with van der Waals surface area (Å²) in [5.74, 6) is -0.383. The van der Waals surface area contributed by atoms with E-state index >= 15 is 0 Å². The Kier molecular flexibility index (Phi) is 5.21. The van der Waals surface area contributed by atoms with Crippen LogP contribution in [-0.4, -0.2) is 29.8 Å². The Labute approximate surface area is 150 Å². The summed E-state index contributed by atoms with van der Waals surface area (Å²) in [6, 6.07) is 16.9. The highest BCUT2D eigenvalue weighted by molar-refractivity contribution is 9.10. The number of hydrogen-bond donors (Lipinski definition) is 1. The number of halogens is 1. The lowest BCUT2D eigenvalue weighted by atomic mass is 10.0. The molecule has 0 aliphatic carbocycles. The van der Waals surface area contributed by atoms with Crippen LogP contribution in [0.15, 0.2) is 59.1 Å². The normalized spacial score (nSPS) is 23.3. The monoisotopic (exact) mass is 389 g/mol. The summed E-state index contributed by atoms with van der Waals surface area (Å²) < 4.78 is 6.17. The fourth-order valence-electron chi connectivity index (χ4n) is 3.27. The second-order valence-corrected chi connectivity index (χ2v) is 6.73. The first-order valence-electron chi connectivity index (χ1n) is 8.05. The van der Waals surface area contributed by atoms with E-state index in [1.54, 1.807) is 6.92 Å². The van der Waals surface area contributed by atoms with Gasteiger partial charge in [0.05, 0.1) is 18.8 Å². The van der Waals surface area contributed by atoms with Gasteiger partial charge in [-0.1, -0.05) is 46.3 Å². The van der Waals surface area contributed by atoms with Crippen LogP contribution in [0.5, 0.6) is 0 Å². The average molecular weight is 390 g/mol. The first-order valence-corrected chi connectivity index (χ1v) is 8.84. The Morgan fingerprint density at radius 1 is 1.21 bits per heavy atom. The van der Waals surface area contributed by atoms with E-state index in [0.29, 0.717) is 13.0 Å². The van der Waals surface area contributed by atoms with Crippen LogP contribution in [0, 0.1) is 0 Å². The molecule has 3 rings (SSSR count). The molecule has 3 atom stereocenters. The van der Waals surface area contributed by atoms with E-state index in [1.807, 2.05) is 59.5 Å². The second kappa shape index (κ2) is 7.36. The van der Waals surface area contributed by atoms with Crippen LogP contribution in [0.4, 0.5) is 5.69 Å². The van der Waals surface area contributed by atoms with E-state index in [1.165, 1.54) is 0 Å². The smallest absolute Gasteiger partial charge is 0.331 e. The van der Waals surface area contributed by atoms with Gasteiger partial charge in [-0.15, -0.1) is 0 Å². The van der Waals surface area contributed by atoms with Gasteiger partial charge in [0.25, 0.3) is 0 Å². The summed E-state index contributed by atoms with van der Waals surface area (Å²) in [4.78, 5) is 14.4. The van der Waals surface area contributed by atoms with Crippen LogP contribution >= 0.6 is 15.9 Å². The first kappa shape index (κ1) is 17.0. The maximum Gasteiger partial charge on any atom is 0.331 e. The molecule has 126 valence electrons. The van der Waals surface area contributed by atoms with Crippen LogP contribution < -0.4 is 4.90 Å². The van der Waals surface area contributed by atoms with Crippen LogP contribution in [0.2, 0.25) is 0 Å². The molecule has 1 N–H and O–H groups in total. The molecule has 0 bridgehead atoms. The van der Waals surface area contributed by atoms with Gasteiger partial charge < -0.3 is 14.7 Å². The minimum Gasteiger partial charge on any atom is -0.464 e. The van der Waals surface area contributed by atoms with Gasteiger partial charge >= 0.3 is 5.97 Å².